The average molecular weight is 267 g/mol. The molecule has 0 spiro atoms. The Kier molecular flexibility index (Phi) is 2.91. The predicted octanol–water partition coefficient (Wildman–Crippen LogP) is 3.12. The number of phenols is 1. The Morgan fingerprint density at radius 3 is 2.55 bits per heavy atom. The van der Waals surface area contributed by atoms with Gasteiger partial charge in [-0.1, -0.05) is 0 Å². The van der Waals surface area contributed by atoms with Crippen LogP contribution < -0.4 is 0 Å². The number of carbonyl (C=O) groups is 1. The minimum absolute atomic E-state index is 0.234. The molecule has 0 aliphatic rings. The van der Waals surface area contributed by atoms with Gasteiger partial charge in [-0.25, -0.2) is 4.79 Å². The molecule has 1 aromatic heterocycles. The number of hydrogen-bond acceptors (Lipinski definition) is 3. The highest BCUT2D eigenvalue weighted by molar-refractivity contribution is 5.95. The molecule has 1 N–H and O–H groups in total. The van der Waals surface area contributed by atoms with Crippen LogP contribution in [-0.2, 0) is 4.74 Å². The Bertz CT molecular complexity index is 772. The smallest absolute Gasteiger partial charge is 0.337 e. The molecule has 20 heavy (non-hydrogen) atoms. The molecule has 0 saturated heterocycles. The van der Waals surface area contributed by atoms with E-state index in [4.69, 9.17) is 4.74 Å². The fraction of sp³-hybridized carbons (Fsp3) is 0.0625. The lowest BCUT2D eigenvalue weighted by Gasteiger charge is -2.06. The largest absolute Gasteiger partial charge is 0.508 e. The van der Waals surface area contributed by atoms with E-state index < -0.39 is 0 Å². The van der Waals surface area contributed by atoms with Gasteiger partial charge < -0.3 is 14.4 Å². The zero-order chi connectivity index (χ0) is 14.1. The molecule has 0 bridgehead atoms. The second-order valence-corrected chi connectivity index (χ2v) is 4.47. The Hall–Kier alpha value is -2.75. The number of hydrogen-bond donors (Lipinski definition) is 1. The summed E-state index contributed by atoms with van der Waals surface area (Å²) in [5.41, 5.74) is 2.47. The average Bonchev–Trinajstić information content (AvgIpc) is 2.90. The molecule has 0 aliphatic carbocycles. The zero-order valence-electron chi connectivity index (χ0n) is 10.9. The van der Waals surface area contributed by atoms with Crippen molar-refractivity contribution in [1.82, 2.24) is 4.57 Å². The number of carbonyl (C=O) groups excluding carboxylic acids is 1. The van der Waals surface area contributed by atoms with Crippen molar-refractivity contribution in [2.75, 3.05) is 7.11 Å². The first-order valence-electron chi connectivity index (χ1n) is 6.18. The van der Waals surface area contributed by atoms with Gasteiger partial charge >= 0.3 is 5.97 Å². The maximum absolute atomic E-state index is 11.5. The number of aromatic nitrogens is 1. The van der Waals surface area contributed by atoms with Gasteiger partial charge in [0.15, 0.2) is 0 Å². The van der Waals surface area contributed by atoms with E-state index in [1.54, 1.807) is 24.3 Å². The quantitative estimate of drug-likeness (QED) is 0.726. The van der Waals surface area contributed by atoms with Crippen molar-refractivity contribution in [3.8, 4) is 11.4 Å². The van der Waals surface area contributed by atoms with Crippen LogP contribution in [0, 0.1) is 0 Å². The Morgan fingerprint density at radius 2 is 1.85 bits per heavy atom. The summed E-state index contributed by atoms with van der Waals surface area (Å²) in [6, 6.07) is 14.3. The molecule has 3 rings (SSSR count). The van der Waals surface area contributed by atoms with E-state index in [1.807, 2.05) is 35.0 Å². The summed E-state index contributed by atoms with van der Waals surface area (Å²) in [7, 11) is 1.37. The molecule has 0 aliphatic heterocycles. The summed E-state index contributed by atoms with van der Waals surface area (Å²) in [6.07, 6.45) is 1.93. The molecule has 0 unspecified atom stereocenters. The monoisotopic (exact) mass is 267 g/mol. The van der Waals surface area contributed by atoms with Crippen molar-refractivity contribution in [3.05, 3.63) is 60.3 Å². The van der Waals surface area contributed by atoms with Crippen molar-refractivity contribution < 1.29 is 14.6 Å². The summed E-state index contributed by atoms with van der Waals surface area (Å²) in [6.45, 7) is 0. The molecule has 2 aromatic carbocycles. The van der Waals surface area contributed by atoms with Crippen molar-refractivity contribution in [3.63, 3.8) is 0 Å². The first-order valence-corrected chi connectivity index (χ1v) is 6.18. The highest BCUT2D eigenvalue weighted by Gasteiger charge is 2.09. The van der Waals surface area contributed by atoms with Crippen LogP contribution in [0.1, 0.15) is 10.4 Å². The first kappa shape index (κ1) is 12.3. The molecule has 0 saturated carbocycles. The van der Waals surface area contributed by atoms with E-state index in [-0.39, 0.29) is 11.7 Å². The Balaban J connectivity index is 2.10. The molecule has 0 fully saturated rings. The number of nitrogens with zero attached hydrogens (tertiary/aromatic N) is 1. The molecule has 0 atom stereocenters. The molecule has 0 amide bonds. The van der Waals surface area contributed by atoms with Crippen LogP contribution in [-0.4, -0.2) is 22.8 Å². The molecule has 0 radical (unpaired) electrons. The van der Waals surface area contributed by atoms with Gasteiger partial charge in [0.2, 0.25) is 0 Å². The van der Waals surface area contributed by atoms with Gasteiger partial charge in [-0.05, 0) is 48.5 Å². The van der Waals surface area contributed by atoms with E-state index in [2.05, 4.69) is 0 Å². The SMILES string of the molecule is COC(=O)c1ccc2c(ccn2-c2ccc(O)cc2)c1. The van der Waals surface area contributed by atoms with Crippen LogP contribution in [0.5, 0.6) is 5.75 Å². The van der Waals surface area contributed by atoms with E-state index in [0.29, 0.717) is 5.56 Å². The van der Waals surface area contributed by atoms with Crippen LogP contribution in [0.4, 0.5) is 0 Å². The molecule has 4 heteroatoms. The van der Waals surface area contributed by atoms with Crippen LogP contribution in [0.25, 0.3) is 16.6 Å². The lowest BCUT2D eigenvalue weighted by atomic mass is 10.1. The van der Waals surface area contributed by atoms with E-state index in [1.165, 1.54) is 7.11 Å². The normalized spacial score (nSPS) is 10.7. The van der Waals surface area contributed by atoms with Gasteiger partial charge in [-0.3, -0.25) is 0 Å². The van der Waals surface area contributed by atoms with E-state index in [9.17, 15) is 9.90 Å². The van der Waals surface area contributed by atoms with E-state index >= 15 is 0 Å². The lowest BCUT2D eigenvalue weighted by molar-refractivity contribution is 0.0601. The molecule has 100 valence electrons. The summed E-state index contributed by atoms with van der Waals surface area (Å²) >= 11 is 0. The van der Waals surface area contributed by atoms with Gasteiger partial charge in [-0.15, -0.1) is 0 Å². The summed E-state index contributed by atoms with van der Waals surface area (Å²) < 4.78 is 6.71. The van der Waals surface area contributed by atoms with Crippen LogP contribution in [0.2, 0.25) is 0 Å². The van der Waals surface area contributed by atoms with Crippen LogP contribution >= 0.6 is 0 Å². The third kappa shape index (κ3) is 2.01. The van der Waals surface area contributed by atoms with Gasteiger partial charge in [-0.2, -0.15) is 0 Å². The number of fused-ring (bicyclic) bond motifs is 1. The Labute approximate surface area is 115 Å². The van der Waals surface area contributed by atoms with Gasteiger partial charge in [0.25, 0.3) is 0 Å². The standard InChI is InChI=1S/C16H13NO3/c1-20-16(19)12-2-7-15-11(10-12)8-9-17(15)13-3-5-14(18)6-4-13/h2-10,18H,1H3. The molecule has 4 nitrogen and oxygen atoms in total. The highest BCUT2D eigenvalue weighted by atomic mass is 16.5. The number of benzene rings is 2. The molecule has 3 aromatic rings. The van der Waals surface area contributed by atoms with E-state index in [0.717, 1.165) is 16.6 Å². The highest BCUT2D eigenvalue weighted by Crippen LogP contribution is 2.23. The fourth-order valence-corrected chi connectivity index (χ4v) is 2.23. The molecular formula is C16H13NO3. The Morgan fingerprint density at radius 1 is 1.10 bits per heavy atom. The lowest BCUT2D eigenvalue weighted by Crippen LogP contribution is -2.00. The number of esters is 1. The summed E-state index contributed by atoms with van der Waals surface area (Å²) in [5.74, 6) is -0.109. The number of phenolic OH excluding ortho intramolecular Hbond substituents is 1. The fourth-order valence-electron chi connectivity index (χ4n) is 2.23. The van der Waals surface area contributed by atoms with Crippen molar-refractivity contribution >= 4 is 16.9 Å². The first-order chi connectivity index (χ1) is 9.69. The number of ether oxygens (including phenoxy) is 1. The number of rotatable bonds is 2. The maximum atomic E-state index is 11.5. The number of aromatic hydroxyl groups is 1. The van der Waals surface area contributed by atoms with Gasteiger partial charge in [0.1, 0.15) is 5.75 Å². The summed E-state index contributed by atoms with van der Waals surface area (Å²) in [5, 5.41) is 10.3. The van der Waals surface area contributed by atoms with Gasteiger partial charge in [0, 0.05) is 17.3 Å². The second kappa shape index (κ2) is 4.74. The van der Waals surface area contributed by atoms with Crippen molar-refractivity contribution in [2.24, 2.45) is 0 Å². The minimum atomic E-state index is -0.343. The van der Waals surface area contributed by atoms with Crippen molar-refractivity contribution in [2.45, 2.75) is 0 Å². The number of methoxy groups -OCH3 is 1. The van der Waals surface area contributed by atoms with Crippen LogP contribution in [0.3, 0.4) is 0 Å². The van der Waals surface area contributed by atoms with Crippen LogP contribution in [0.15, 0.2) is 54.7 Å². The third-order valence-corrected chi connectivity index (χ3v) is 3.24. The minimum Gasteiger partial charge on any atom is -0.508 e. The molecule has 1 heterocycles. The zero-order valence-corrected chi connectivity index (χ0v) is 10.9. The topological polar surface area (TPSA) is 51.5 Å². The maximum Gasteiger partial charge on any atom is 0.337 e. The van der Waals surface area contributed by atoms with Gasteiger partial charge in [0.05, 0.1) is 18.2 Å². The van der Waals surface area contributed by atoms with Crippen molar-refractivity contribution in [1.29, 1.82) is 0 Å². The second-order valence-electron chi connectivity index (χ2n) is 4.47. The predicted molar refractivity (Wildman–Crippen MR) is 76.3 cm³/mol. The molecular weight excluding hydrogens is 254 g/mol. The third-order valence-electron chi connectivity index (χ3n) is 3.24. The summed E-state index contributed by atoms with van der Waals surface area (Å²) in [4.78, 5) is 11.5.